The molecule has 1 unspecified atom stereocenters. The van der Waals surface area contributed by atoms with E-state index in [2.05, 4.69) is 111 Å². The van der Waals surface area contributed by atoms with Crippen molar-refractivity contribution in [2.75, 3.05) is 68.4 Å². The van der Waals surface area contributed by atoms with E-state index in [0.29, 0.717) is 41.9 Å². The van der Waals surface area contributed by atoms with Gasteiger partial charge in [0.2, 0.25) is 0 Å². The predicted octanol–water partition coefficient (Wildman–Crippen LogP) is 12.4. The summed E-state index contributed by atoms with van der Waals surface area (Å²) in [7, 11) is 0. The maximum Gasteiger partial charge on any atom is 0.341 e. The number of aliphatic hydroxyl groups excluding tert-OH is 1. The van der Waals surface area contributed by atoms with Crippen LogP contribution in [0.5, 0.6) is 17.2 Å². The number of rotatable bonds is 14. The van der Waals surface area contributed by atoms with Crippen LogP contribution in [0.1, 0.15) is 187 Å². The normalized spacial score (nSPS) is 17.2. The molecule has 0 aromatic heterocycles. The number of aromatic hydroxyl groups is 3. The number of phenols is 3. The van der Waals surface area contributed by atoms with Crippen molar-refractivity contribution in [1.29, 1.82) is 0 Å². The van der Waals surface area contributed by atoms with Gasteiger partial charge in [0.25, 0.3) is 0 Å². The summed E-state index contributed by atoms with van der Waals surface area (Å²) in [6.45, 7) is 41.7. The second kappa shape index (κ2) is 29.8. The Morgan fingerprint density at radius 3 is 1.57 bits per heavy atom. The SMILES string of the molecule is CC(=O)c1ccc(NCC(C)(C)C)cc1O.CC(C)(C)CN1CCCCC1(CO)C(=O)O.CC(C)(C)CNc1ccc(O)c(C(=O)O)c1.CC(C)(C)CNc1cccc(O)c1C(=O)O.CC[C@@H]1CCCN1CC(C)(C)C. The molecule has 0 radical (unpaired) electrons. The Hall–Kier alpha value is -5.58. The van der Waals surface area contributed by atoms with Crippen molar-refractivity contribution in [3.05, 3.63) is 71.3 Å². The molecule has 0 amide bonds. The van der Waals surface area contributed by atoms with Crippen molar-refractivity contribution < 1.29 is 54.9 Å². The molecule has 5 rings (SSSR count). The van der Waals surface area contributed by atoms with Gasteiger partial charge in [-0.1, -0.05) is 117 Å². The Balaban J connectivity index is 0.000000477. The number of carboxylic acids is 3. The van der Waals surface area contributed by atoms with Crippen molar-refractivity contribution in [2.45, 2.75) is 168 Å². The maximum absolute atomic E-state index is 11.4. The first-order valence-electron chi connectivity index (χ1n) is 26.8. The van der Waals surface area contributed by atoms with E-state index in [-0.39, 0.29) is 62.4 Å². The van der Waals surface area contributed by atoms with Crippen LogP contribution in [-0.4, -0.2) is 133 Å². The van der Waals surface area contributed by atoms with Crippen molar-refractivity contribution in [1.82, 2.24) is 9.80 Å². The molecular weight excluding hydrogens is 967 g/mol. The minimum atomic E-state index is -1.13. The highest BCUT2D eigenvalue weighted by Crippen LogP contribution is 2.32. The number of piperidine rings is 1. The fourth-order valence-electron chi connectivity index (χ4n) is 8.32. The molecule has 0 saturated carbocycles. The first kappa shape index (κ1) is 68.4. The molecule has 2 aliphatic rings. The number of benzene rings is 3. The van der Waals surface area contributed by atoms with Crippen LogP contribution >= 0.6 is 0 Å². The van der Waals surface area contributed by atoms with E-state index in [1.165, 1.54) is 57.5 Å². The first-order valence-corrected chi connectivity index (χ1v) is 26.8. The molecule has 16 heteroatoms. The molecule has 3 aromatic rings. The van der Waals surface area contributed by atoms with Gasteiger partial charge in [0, 0.05) is 56.2 Å². The quantitative estimate of drug-likeness (QED) is 0.0532. The van der Waals surface area contributed by atoms with Gasteiger partial charge in [0.1, 0.15) is 33.9 Å². The number of phenolic OH excluding ortho intramolecular Hbond substituents is 1. The molecule has 0 spiro atoms. The summed E-state index contributed by atoms with van der Waals surface area (Å²) < 4.78 is 0. The zero-order chi connectivity index (χ0) is 58.6. The van der Waals surface area contributed by atoms with Crippen LogP contribution in [0.25, 0.3) is 0 Å². The number of carboxylic acid groups (broad SMARTS) is 3. The molecule has 2 aliphatic heterocycles. The number of ketones is 1. The minimum Gasteiger partial charge on any atom is -0.507 e. The lowest BCUT2D eigenvalue weighted by Gasteiger charge is -2.45. The number of aromatic carboxylic acids is 2. The Kier molecular flexibility index (Phi) is 26.8. The molecule has 430 valence electrons. The van der Waals surface area contributed by atoms with Gasteiger partial charge in [-0.2, -0.15) is 0 Å². The fourth-order valence-corrected chi connectivity index (χ4v) is 8.32. The Labute approximate surface area is 455 Å². The Morgan fingerprint density at radius 1 is 0.592 bits per heavy atom. The molecular formula is C60H99N5O11. The highest BCUT2D eigenvalue weighted by atomic mass is 16.4. The lowest BCUT2D eigenvalue weighted by Crippen LogP contribution is -2.61. The van der Waals surface area contributed by atoms with Crippen LogP contribution in [0.4, 0.5) is 17.1 Å². The van der Waals surface area contributed by atoms with Crippen LogP contribution in [0.3, 0.4) is 0 Å². The zero-order valence-electron chi connectivity index (χ0n) is 49.3. The van der Waals surface area contributed by atoms with Gasteiger partial charge >= 0.3 is 17.9 Å². The number of hydrogen-bond donors (Lipinski definition) is 10. The fraction of sp³-hybridized carbons (Fsp3) is 0.633. The third kappa shape index (κ3) is 26.0. The van der Waals surface area contributed by atoms with Crippen LogP contribution in [-0.2, 0) is 4.79 Å². The van der Waals surface area contributed by atoms with Crippen LogP contribution in [0.2, 0.25) is 0 Å². The molecule has 0 bridgehead atoms. The van der Waals surface area contributed by atoms with Gasteiger partial charge in [-0.3, -0.25) is 19.4 Å². The maximum atomic E-state index is 11.4. The summed E-state index contributed by atoms with van der Waals surface area (Å²) in [5.41, 5.74) is 1.98. The molecule has 10 N–H and O–H groups in total. The predicted molar refractivity (Wildman–Crippen MR) is 309 cm³/mol. The van der Waals surface area contributed by atoms with E-state index >= 15 is 0 Å². The van der Waals surface area contributed by atoms with Crippen molar-refractivity contribution >= 4 is 40.8 Å². The molecule has 76 heavy (non-hydrogen) atoms. The summed E-state index contributed by atoms with van der Waals surface area (Å²) in [5.74, 6) is -3.67. The molecule has 2 heterocycles. The molecule has 16 nitrogen and oxygen atoms in total. The van der Waals surface area contributed by atoms with E-state index in [1.807, 2.05) is 31.7 Å². The zero-order valence-corrected chi connectivity index (χ0v) is 49.3. The van der Waals surface area contributed by atoms with Crippen molar-refractivity contribution in [3.8, 4) is 17.2 Å². The monoisotopic (exact) mass is 1070 g/mol. The number of nitrogens with one attached hydrogen (secondary N) is 3. The van der Waals surface area contributed by atoms with Gasteiger partial charge in [-0.25, -0.2) is 9.59 Å². The second-order valence-corrected chi connectivity index (χ2v) is 26.2. The van der Waals surface area contributed by atoms with Crippen molar-refractivity contribution in [2.24, 2.45) is 27.1 Å². The highest BCUT2D eigenvalue weighted by molar-refractivity contribution is 5.98. The third-order valence-electron chi connectivity index (χ3n) is 12.2. The molecule has 0 aliphatic carbocycles. The van der Waals surface area contributed by atoms with Crippen LogP contribution in [0.15, 0.2) is 54.6 Å². The van der Waals surface area contributed by atoms with E-state index in [4.69, 9.17) is 10.2 Å². The Morgan fingerprint density at radius 2 is 1.12 bits per heavy atom. The molecule has 2 fully saturated rings. The Bertz CT molecular complexity index is 2300. The van der Waals surface area contributed by atoms with E-state index in [0.717, 1.165) is 44.2 Å². The standard InChI is InChI=1S/C13H19NO2.2C12H17NO3.C12H23NO3.C11H23N/c1-9(15)11-6-5-10(7-12(11)16)14-8-13(2,3)4;1-12(2,3)7-13-8-4-5-10(14)9(6-8)11(15)16;1-12(2,3)7-13-8-5-4-6-9(14)10(8)11(15)16;1-11(2,3)8-13-7-5-4-6-12(13,9-14)10(15)16;1-5-10-7-6-8-12(10)9-11(2,3)4/h5-7,14,16H,8H2,1-4H3;2*4-6,13-14H,7H2,1-3H3,(H,15,16);14H,4-9H2,1-3H3,(H,15,16);10H,5-9H2,1-4H3/t;;;;10-/m....1/s1. The summed E-state index contributed by atoms with van der Waals surface area (Å²) in [4.78, 5) is 48.9. The molecule has 3 aromatic carbocycles. The largest absolute Gasteiger partial charge is 0.507 e. The van der Waals surface area contributed by atoms with Gasteiger partial charge in [-0.05, 0) is 128 Å². The highest BCUT2D eigenvalue weighted by Gasteiger charge is 2.46. The second-order valence-electron chi connectivity index (χ2n) is 26.2. The average molecular weight is 1070 g/mol. The number of likely N-dealkylation sites (tertiary alicyclic amines) is 2. The number of Topliss-reactive ketones (excluding diaryl/α,β-unsaturated/α-hetero) is 1. The average Bonchev–Trinajstić information content (AvgIpc) is 3.72. The third-order valence-corrected chi connectivity index (χ3v) is 12.2. The number of aliphatic carboxylic acids is 1. The summed E-state index contributed by atoms with van der Waals surface area (Å²) in [6, 6.07) is 15.0. The summed E-state index contributed by atoms with van der Waals surface area (Å²) >= 11 is 0. The lowest BCUT2D eigenvalue weighted by molar-refractivity contribution is -0.159. The summed E-state index contributed by atoms with van der Waals surface area (Å²) in [6.07, 6.45) is 6.62. The first-order chi connectivity index (χ1) is 34.7. The summed E-state index contributed by atoms with van der Waals surface area (Å²) in [5, 5.41) is 74.4. The number of carbonyl (C=O) groups excluding carboxylic acids is 1. The van der Waals surface area contributed by atoms with Crippen LogP contribution < -0.4 is 16.0 Å². The van der Waals surface area contributed by atoms with Gasteiger partial charge in [-0.15, -0.1) is 0 Å². The smallest absolute Gasteiger partial charge is 0.341 e. The lowest BCUT2D eigenvalue weighted by atomic mass is 9.84. The number of hydrogen-bond acceptors (Lipinski definition) is 13. The van der Waals surface area contributed by atoms with E-state index < -0.39 is 23.4 Å². The number of carbonyl (C=O) groups is 4. The number of aliphatic hydroxyl groups is 1. The number of anilines is 3. The van der Waals surface area contributed by atoms with Gasteiger partial charge in [0.15, 0.2) is 5.78 Å². The number of nitrogens with zero attached hydrogens (tertiary/aromatic N) is 2. The van der Waals surface area contributed by atoms with E-state index in [1.54, 1.807) is 30.3 Å². The van der Waals surface area contributed by atoms with Crippen LogP contribution in [0, 0.1) is 27.1 Å². The topological polar surface area (TPSA) is 252 Å². The minimum absolute atomic E-state index is 0.0337. The van der Waals surface area contributed by atoms with E-state index in [9.17, 15) is 44.7 Å². The van der Waals surface area contributed by atoms with Gasteiger partial charge < -0.3 is 51.7 Å². The van der Waals surface area contributed by atoms with Gasteiger partial charge in [0.05, 0.1) is 17.9 Å². The molecule has 2 saturated heterocycles. The molecule has 2 atom stereocenters. The van der Waals surface area contributed by atoms with Crippen molar-refractivity contribution in [3.63, 3.8) is 0 Å².